The van der Waals surface area contributed by atoms with Crippen LogP contribution in [0.1, 0.15) is 112 Å². The number of carbonyl (C=O) groups excluding carboxylic acids is 6. The smallest absolute Gasteiger partial charge is 0.325 e. The van der Waals surface area contributed by atoms with Crippen LogP contribution in [0.4, 0.5) is 0 Å². The molecule has 5 amide bonds. The van der Waals surface area contributed by atoms with Crippen molar-refractivity contribution in [1.29, 1.82) is 0 Å². The van der Waals surface area contributed by atoms with Gasteiger partial charge in [-0.25, -0.2) is 0 Å². The van der Waals surface area contributed by atoms with Crippen molar-refractivity contribution in [2.24, 2.45) is 17.8 Å². The highest BCUT2D eigenvalue weighted by Crippen LogP contribution is 2.22. The molecule has 0 spiro atoms. The summed E-state index contributed by atoms with van der Waals surface area (Å²) in [6, 6.07) is 4.28. The number of esters is 1. The molecule has 0 radical (unpaired) electrons. The van der Waals surface area contributed by atoms with Gasteiger partial charge < -0.3 is 40.7 Å². The minimum Gasteiger partial charge on any atom is -0.460 e. The number of benzene rings is 1. The lowest BCUT2D eigenvalue weighted by Crippen LogP contribution is -2.61. The summed E-state index contributed by atoms with van der Waals surface area (Å²) in [5.74, 6) is -5.31. The lowest BCUT2D eigenvalue weighted by molar-refractivity contribution is -0.157. The molecule has 14 nitrogen and oxygen atoms in total. The maximum Gasteiger partial charge on any atom is 0.325 e. The number of hydrogen-bond acceptors (Lipinski definition) is 9. The van der Waals surface area contributed by atoms with Crippen LogP contribution in [0.25, 0.3) is 0 Å². The average Bonchev–Trinajstić information content (AvgIpc) is 3.15. The fraction of sp³-hybridized carbons (Fsp3) is 0.707. The van der Waals surface area contributed by atoms with Crippen LogP contribution in [0, 0.1) is 17.8 Å². The van der Waals surface area contributed by atoms with E-state index in [0.717, 1.165) is 37.7 Å². The average molecular weight is 774 g/mol. The molecule has 0 bridgehead atoms. The van der Waals surface area contributed by atoms with E-state index >= 15 is 0 Å². The van der Waals surface area contributed by atoms with E-state index < -0.39 is 84.3 Å². The van der Waals surface area contributed by atoms with Gasteiger partial charge in [-0.1, -0.05) is 110 Å². The van der Waals surface area contributed by atoms with Gasteiger partial charge in [-0.2, -0.15) is 0 Å². The van der Waals surface area contributed by atoms with Crippen molar-refractivity contribution >= 4 is 35.5 Å². The third-order valence-corrected chi connectivity index (χ3v) is 10.2. The first-order valence-electron chi connectivity index (χ1n) is 20.1. The molecular formula is C41H67N5O9. The van der Waals surface area contributed by atoms with Crippen molar-refractivity contribution in [2.45, 2.75) is 149 Å². The number of amides is 5. The zero-order chi connectivity index (χ0) is 41.1. The number of aliphatic hydroxyl groups is 1. The fourth-order valence-electron chi connectivity index (χ4n) is 6.46. The highest BCUT2D eigenvalue weighted by Gasteiger charge is 2.38. The maximum atomic E-state index is 14.1. The minimum absolute atomic E-state index is 0.00384. The van der Waals surface area contributed by atoms with Gasteiger partial charge in [0.25, 0.3) is 0 Å². The Bertz CT molecular complexity index is 1370. The van der Waals surface area contributed by atoms with Gasteiger partial charge in [-0.05, 0) is 43.6 Å². The number of nitrogens with zero attached hydrogens (tertiary/aromatic N) is 1. The van der Waals surface area contributed by atoms with Crippen molar-refractivity contribution in [3.63, 3.8) is 0 Å². The molecule has 0 aliphatic carbocycles. The maximum absolute atomic E-state index is 14.1. The summed E-state index contributed by atoms with van der Waals surface area (Å²) in [5, 5.41) is 21.1. The molecule has 0 unspecified atom stereocenters. The second kappa shape index (κ2) is 24.5. The molecule has 55 heavy (non-hydrogen) atoms. The second-order valence-corrected chi connectivity index (χ2v) is 15.3. The van der Waals surface area contributed by atoms with Gasteiger partial charge >= 0.3 is 5.97 Å². The number of carbonyl (C=O) groups is 6. The zero-order valence-corrected chi connectivity index (χ0v) is 34.2. The van der Waals surface area contributed by atoms with E-state index in [4.69, 9.17) is 9.47 Å². The van der Waals surface area contributed by atoms with Crippen molar-refractivity contribution in [3.8, 4) is 0 Å². The van der Waals surface area contributed by atoms with Crippen LogP contribution in [0.5, 0.6) is 0 Å². The van der Waals surface area contributed by atoms with E-state index in [-0.39, 0.29) is 25.0 Å². The summed E-state index contributed by atoms with van der Waals surface area (Å²) < 4.78 is 11.7. The Morgan fingerprint density at radius 1 is 0.836 bits per heavy atom. The predicted octanol–water partition coefficient (Wildman–Crippen LogP) is 3.39. The number of hydrogen-bond donors (Lipinski definition) is 5. The van der Waals surface area contributed by atoms with Gasteiger partial charge in [-0.3, -0.25) is 28.8 Å². The minimum atomic E-state index is -1.51. The van der Waals surface area contributed by atoms with E-state index in [2.05, 4.69) is 28.2 Å². The van der Waals surface area contributed by atoms with E-state index in [1.807, 2.05) is 51.1 Å². The number of cyclic esters (lactones) is 1. The number of unbranched alkanes of at least 4 members (excludes halogenated alkanes) is 5. The summed E-state index contributed by atoms with van der Waals surface area (Å²) in [7, 11) is 1.54. The molecule has 2 rings (SSSR count). The summed E-state index contributed by atoms with van der Waals surface area (Å²) in [6.07, 6.45) is 4.81. The number of ether oxygens (including phenoxy) is 2. The van der Waals surface area contributed by atoms with Crippen molar-refractivity contribution in [1.82, 2.24) is 26.2 Å². The summed E-state index contributed by atoms with van der Waals surface area (Å²) >= 11 is 0. The molecular weight excluding hydrogens is 706 g/mol. The number of likely N-dealkylation sites (N-methyl/N-ethyl adjacent to an activating group) is 1. The topological polar surface area (TPSA) is 192 Å². The third-order valence-electron chi connectivity index (χ3n) is 10.2. The monoisotopic (exact) mass is 773 g/mol. The van der Waals surface area contributed by atoms with Crippen LogP contribution >= 0.6 is 0 Å². The third kappa shape index (κ3) is 15.9. The number of aliphatic hydroxyl groups excluding tert-OH is 1. The summed E-state index contributed by atoms with van der Waals surface area (Å²) in [4.78, 5) is 83.9. The highest BCUT2D eigenvalue weighted by atomic mass is 16.5. The van der Waals surface area contributed by atoms with Crippen LogP contribution in [0.3, 0.4) is 0 Å². The highest BCUT2D eigenvalue weighted by molar-refractivity contribution is 5.96. The Labute approximate surface area is 327 Å². The first kappa shape index (κ1) is 47.1. The molecule has 0 saturated carbocycles. The molecule has 1 saturated heterocycles. The Balaban J connectivity index is 2.54. The number of rotatable bonds is 16. The molecule has 1 aromatic carbocycles. The van der Waals surface area contributed by atoms with Gasteiger partial charge in [-0.15, -0.1) is 0 Å². The Kier molecular flexibility index (Phi) is 21.0. The fourth-order valence-corrected chi connectivity index (χ4v) is 6.46. The second-order valence-electron chi connectivity index (χ2n) is 15.3. The van der Waals surface area contributed by atoms with Crippen molar-refractivity contribution in [3.05, 3.63) is 35.9 Å². The lowest BCUT2D eigenvalue weighted by atomic mass is 9.94. The molecule has 1 heterocycles. The van der Waals surface area contributed by atoms with Gasteiger partial charge in [0.2, 0.25) is 29.5 Å². The zero-order valence-electron chi connectivity index (χ0n) is 34.2. The van der Waals surface area contributed by atoms with Crippen molar-refractivity contribution in [2.75, 3.05) is 20.2 Å². The van der Waals surface area contributed by atoms with Crippen LogP contribution in [0.2, 0.25) is 0 Å². The van der Waals surface area contributed by atoms with Crippen LogP contribution in [-0.4, -0.2) is 102 Å². The molecule has 5 N–H and O–H groups in total. The molecule has 310 valence electrons. The normalized spacial score (nSPS) is 25.1. The molecule has 8 atom stereocenters. The molecule has 1 aliphatic rings. The van der Waals surface area contributed by atoms with Gasteiger partial charge in [0.1, 0.15) is 36.8 Å². The Morgan fingerprint density at radius 3 is 2.09 bits per heavy atom. The van der Waals surface area contributed by atoms with Crippen LogP contribution < -0.4 is 21.3 Å². The summed E-state index contributed by atoms with van der Waals surface area (Å²) in [5.41, 5.74) is 0.821. The van der Waals surface area contributed by atoms with Gasteiger partial charge in [0.05, 0.1) is 25.2 Å². The van der Waals surface area contributed by atoms with Crippen LogP contribution in [0.15, 0.2) is 30.3 Å². The SMILES string of the molecule is CCCCCCCC[C@H]1OC(=O)CNC(=O)[C@H]([C@H](C)O)NC(=O)[C@H](COCc2ccccc2)NC(=O)[C@H]([C@H](C)CC)NC(=O)[C@H](CC(C)C)N(C)C(=O)[C@@H]1C. The summed E-state index contributed by atoms with van der Waals surface area (Å²) in [6.45, 7) is 11.8. The van der Waals surface area contributed by atoms with E-state index in [9.17, 15) is 33.9 Å². The lowest BCUT2D eigenvalue weighted by Gasteiger charge is -2.34. The van der Waals surface area contributed by atoms with Crippen LogP contribution in [-0.2, 0) is 44.8 Å². The molecule has 0 aromatic heterocycles. The molecule has 1 aromatic rings. The molecule has 1 fully saturated rings. The van der Waals surface area contributed by atoms with Crippen molar-refractivity contribution < 1.29 is 43.3 Å². The Morgan fingerprint density at radius 2 is 1.47 bits per heavy atom. The van der Waals surface area contributed by atoms with Gasteiger partial charge in [0, 0.05) is 7.05 Å². The van der Waals surface area contributed by atoms with E-state index in [0.29, 0.717) is 25.7 Å². The largest absolute Gasteiger partial charge is 0.460 e. The molecule has 1 aliphatic heterocycles. The number of nitrogens with one attached hydrogen (secondary N) is 4. The van der Waals surface area contributed by atoms with E-state index in [1.165, 1.54) is 18.9 Å². The quantitative estimate of drug-likeness (QED) is 0.124. The standard InChI is InChI=1S/C41H67N5O9/c1-9-11-12-13-14-18-21-33-28(6)41(53)46(8)32(22-26(3)4)38(50)44-35(27(5)10-2)40(52)43-31(25-54-24-30-19-16-15-17-20-30)37(49)45-36(29(7)47)39(51)42-23-34(48)55-33/h15-17,19-20,26-29,31-33,35-36,47H,9-14,18,21-25H2,1-8H3,(H,42,51)(H,43,52)(H,44,50)(H,45,49)/t27-,28-,29+,31+,32+,33-,35+,36+/m1/s1. The first-order chi connectivity index (χ1) is 26.1. The van der Waals surface area contributed by atoms with E-state index in [1.54, 1.807) is 13.8 Å². The molecule has 14 heteroatoms. The predicted molar refractivity (Wildman–Crippen MR) is 209 cm³/mol. The van der Waals surface area contributed by atoms with Gasteiger partial charge in [0.15, 0.2) is 0 Å². The first-order valence-corrected chi connectivity index (χ1v) is 20.1. The Hall–Kier alpha value is -4.04.